The van der Waals surface area contributed by atoms with Crippen LogP contribution in [0.3, 0.4) is 0 Å². The van der Waals surface area contributed by atoms with Gasteiger partial charge in [0.2, 0.25) is 5.91 Å². The van der Waals surface area contributed by atoms with Crippen molar-refractivity contribution in [1.82, 2.24) is 10.2 Å². The minimum atomic E-state index is -1.31. The predicted molar refractivity (Wildman–Crippen MR) is 98.8 cm³/mol. The second-order valence-corrected chi connectivity index (χ2v) is 6.21. The molecular formula is C20H16N3O5-. The van der Waals surface area contributed by atoms with Crippen LogP contribution in [-0.2, 0) is 9.59 Å². The van der Waals surface area contributed by atoms with Gasteiger partial charge in [0.05, 0.1) is 5.97 Å². The highest BCUT2D eigenvalue weighted by molar-refractivity contribution is 6.15. The van der Waals surface area contributed by atoms with E-state index in [4.69, 9.17) is 0 Å². The van der Waals surface area contributed by atoms with Gasteiger partial charge in [-0.1, -0.05) is 36.4 Å². The van der Waals surface area contributed by atoms with E-state index in [1.165, 1.54) is 30.3 Å². The van der Waals surface area contributed by atoms with Crippen LogP contribution in [0.5, 0.6) is 0 Å². The Labute approximate surface area is 160 Å². The molecular weight excluding hydrogens is 362 g/mol. The number of aryl methyl sites for hydroxylation is 1. The molecule has 3 rings (SSSR count). The van der Waals surface area contributed by atoms with Gasteiger partial charge in [0.25, 0.3) is 5.91 Å². The van der Waals surface area contributed by atoms with Gasteiger partial charge in [-0.15, -0.1) is 0 Å². The van der Waals surface area contributed by atoms with Crippen LogP contribution in [0.4, 0.5) is 10.5 Å². The number of aromatic carboxylic acids is 1. The Balaban J connectivity index is 1.69. The van der Waals surface area contributed by atoms with Crippen molar-refractivity contribution in [2.75, 3.05) is 11.9 Å². The molecule has 0 atom stereocenters. The van der Waals surface area contributed by atoms with Gasteiger partial charge in [0.1, 0.15) is 12.2 Å². The fourth-order valence-corrected chi connectivity index (χ4v) is 2.66. The molecule has 8 nitrogen and oxygen atoms in total. The summed E-state index contributed by atoms with van der Waals surface area (Å²) >= 11 is 0. The van der Waals surface area contributed by atoms with Gasteiger partial charge in [-0.3, -0.25) is 9.59 Å². The highest BCUT2D eigenvalue weighted by Crippen LogP contribution is 2.15. The van der Waals surface area contributed by atoms with Crippen molar-refractivity contribution in [2.24, 2.45) is 0 Å². The van der Waals surface area contributed by atoms with E-state index < -0.39 is 30.4 Å². The fourth-order valence-electron chi connectivity index (χ4n) is 2.66. The van der Waals surface area contributed by atoms with Crippen molar-refractivity contribution in [3.05, 3.63) is 70.9 Å². The Morgan fingerprint density at radius 3 is 2.50 bits per heavy atom. The summed E-state index contributed by atoms with van der Waals surface area (Å²) in [7, 11) is 0. The summed E-state index contributed by atoms with van der Waals surface area (Å²) in [6.07, 6.45) is 1.40. The lowest BCUT2D eigenvalue weighted by Crippen LogP contribution is -2.38. The van der Waals surface area contributed by atoms with Crippen LogP contribution in [0, 0.1) is 6.92 Å². The number of carbonyl (C=O) groups is 4. The number of imide groups is 1. The van der Waals surface area contributed by atoms with Crippen LogP contribution in [0.1, 0.15) is 21.5 Å². The largest absolute Gasteiger partial charge is 0.545 e. The first kappa shape index (κ1) is 18.8. The minimum Gasteiger partial charge on any atom is -0.545 e. The Bertz CT molecular complexity index is 995. The van der Waals surface area contributed by atoms with Crippen molar-refractivity contribution >= 4 is 35.6 Å². The summed E-state index contributed by atoms with van der Waals surface area (Å²) in [6, 6.07) is 12.0. The molecule has 8 heteroatoms. The molecule has 2 aromatic carbocycles. The van der Waals surface area contributed by atoms with E-state index in [2.05, 4.69) is 10.6 Å². The molecule has 1 fully saturated rings. The third-order valence-corrected chi connectivity index (χ3v) is 4.02. The number of nitrogens with zero attached hydrogens (tertiary/aromatic N) is 1. The molecule has 0 unspecified atom stereocenters. The van der Waals surface area contributed by atoms with Gasteiger partial charge in [-0.2, -0.15) is 0 Å². The molecule has 142 valence electrons. The van der Waals surface area contributed by atoms with Crippen molar-refractivity contribution < 1.29 is 24.3 Å². The first-order valence-corrected chi connectivity index (χ1v) is 8.36. The van der Waals surface area contributed by atoms with Gasteiger partial charge in [0, 0.05) is 5.69 Å². The highest BCUT2D eigenvalue weighted by Gasteiger charge is 2.34. The first-order chi connectivity index (χ1) is 13.3. The zero-order valence-electron chi connectivity index (χ0n) is 14.9. The number of urea groups is 1. The Hall–Kier alpha value is -3.94. The van der Waals surface area contributed by atoms with Crippen molar-refractivity contribution in [3.8, 4) is 0 Å². The van der Waals surface area contributed by atoms with Gasteiger partial charge in [-0.25, -0.2) is 9.69 Å². The first-order valence-electron chi connectivity index (χ1n) is 8.36. The standard InChI is InChI=1S/C20H17N3O5/c1-12-3-2-4-15(9-12)21-17(24)11-23-18(25)16(22-20(23)28)10-13-5-7-14(8-6-13)19(26)27/h2-10H,11H2,1H3,(H,21,24)(H,22,28)(H,26,27)/p-1/b16-10+. The number of carboxylic acids is 1. The number of anilines is 1. The van der Waals surface area contributed by atoms with Crippen LogP contribution in [-0.4, -0.2) is 35.3 Å². The number of benzene rings is 2. The number of hydrogen-bond acceptors (Lipinski definition) is 5. The SMILES string of the molecule is Cc1cccc(NC(=O)CN2C(=O)N/C(=C/c3ccc(C(=O)[O-])cc3)C2=O)c1. The number of amides is 4. The maximum Gasteiger partial charge on any atom is 0.329 e. The second kappa shape index (κ2) is 7.75. The molecule has 1 aliphatic heterocycles. The molecule has 0 bridgehead atoms. The topological polar surface area (TPSA) is 119 Å². The molecule has 1 saturated heterocycles. The van der Waals surface area contributed by atoms with E-state index >= 15 is 0 Å². The summed E-state index contributed by atoms with van der Waals surface area (Å²) in [5.41, 5.74) is 2.04. The average molecular weight is 378 g/mol. The Kier molecular flexibility index (Phi) is 5.21. The third kappa shape index (κ3) is 4.24. The zero-order chi connectivity index (χ0) is 20.3. The van der Waals surface area contributed by atoms with Crippen LogP contribution >= 0.6 is 0 Å². The smallest absolute Gasteiger partial charge is 0.329 e. The molecule has 2 N–H and O–H groups in total. The van der Waals surface area contributed by atoms with Gasteiger partial charge < -0.3 is 20.5 Å². The van der Waals surface area contributed by atoms with E-state index in [-0.39, 0.29) is 11.3 Å². The molecule has 1 heterocycles. The molecule has 0 aliphatic carbocycles. The molecule has 0 saturated carbocycles. The Morgan fingerprint density at radius 2 is 1.86 bits per heavy atom. The monoisotopic (exact) mass is 378 g/mol. The molecule has 28 heavy (non-hydrogen) atoms. The maximum atomic E-state index is 12.4. The van der Waals surface area contributed by atoms with Crippen LogP contribution < -0.4 is 15.7 Å². The summed E-state index contributed by atoms with van der Waals surface area (Å²) in [5.74, 6) is -2.46. The van der Waals surface area contributed by atoms with Crippen LogP contribution in [0.15, 0.2) is 54.2 Å². The van der Waals surface area contributed by atoms with Gasteiger partial charge in [-0.05, 0) is 41.8 Å². The molecule has 0 radical (unpaired) electrons. The maximum absolute atomic E-state index is 12.4. The van der Waals surface area contributed by atoms with E-state index in [0.717, 1.165) is 10.5 Å². The highest BCUT2D eigenvalue weighted by atomic mass is 16.4. The quantitative estimate of drug-likeness (QED) is 0.592. The lowest BCUT2D eigenvalue weighted by Gasteiger charge is -2.12. The number of nitrogens with one attached hydrogen (secondary N) is 2. The Morgan fingerprint density at radius 1 is 1.14 bits per heavy atom. The lowest BCUT2D eigenvalue weighted by atomic mass is 10.1. The lowest BCUT2D eigenvalue weighted by molar-refractivity contribution is -0.255. The van der Waals surface area contributed by atoms with E-state index in [1.54, 1.807) is 18.2 Å². The summed E-state index contributed by atoms with van der Waals surface area (Å²) in [4.78, 5) is 48.2. The van der Waals surface area contributed by atoms with Crippen LogP contribution in [0.25, 0.3) is 6.08 Å². The van der Waals surface area contributed by atoms with Crippen molar-refractivity contribution in [2.45, 2.75) is 6.92 Å². The summed E-state index contributed by atoms with van der Waals surface area (Å²) < 4.78 is 0. The summed E-state index contributed by atoms with van der Waals surface area (Å²) in [5, 5.41) is 15.8. The van der Waals surface area contributed by atoms with Crippen molar-refractivity contribution in [1.29, 1.82) is 0 Å². The molecule has 4 amide bonds. The molecule has 2 aromatic rings. The summed E-state index contributed by atoms with van der Waals surface area (Å²) in [6.45, 7) is 1.45. The fraction of sp³-hybridized carbons (Fsp3) is 0.100. The van der Waals surface area contributed by atoms with E-state index in [0.29, 0.717) is 11.3 Å². The van der Waals surface area contributed by atoms with Crippen LogP contribution in [0.2, 0.25) is 0 Å². The van der Waals surface area contributed by atoms with E-state index in [1.807, 2.05) is 13.0 Å². The third-order valence-electron chi connectivity index (χ3n) is 4.02. The minimum absolute atomic E-state index is 0.00150. The number of carbonyl (C=O) groups excluding carboxylic acids is 4. The molecule has 0 aromatic heterocycles. The van der Waals surface area contributed by atoms with E-state index in [9.17, 15) is 24.3 Å². The zero-order valence-corrected chi connectivity index (χ0v) is 14.9. The number of rotatable bonds is 5. The predicted octanol–water partition coefficient (Wildman–Crippen LogP) is 0.890. The molecule has 0 spiro atoms. The normalized spacial score (nSPS) is 14.9. The number of carboxylic acid groups (broad SMARTS) is 1. The van der Waals surface area contributed by atoms with Crippen molar-refractivity contribution in [3.63, 3.8) is 0 Å². The molecule has 1 aliphatic rings. The number of hydrogen-bond donors (Lipinski definition) is 2. The second-order valence-electron chi connectivity index (χ2n) is 6.21. The van der Waals surface area contributed by atoms with Gasteiger partial charge >= 0.3 is 6.03 Å². The van der Waals surface area contributed by atoms with Gasteiger partial charge in [0.15, 0.2) is 0 Å². The average Bonchev–Trinajstić information content (AvgIpc) is 2.89.